The van der Waals surface area contributed by atoms with Crippen LogP contribution in [0.5, 0.6) is 0 Å². The summed E-state index contributed by atoms with van der Waals surface area (Å²) >= 11 is 4.82. The van der Waals surface area contributed by atoms with Crippen LogP contribution in [0.4, 0.5) is 0 Å². The van der Waals surface area contributed by atoms with Crippen molar-refractivity contribution in [3.05, 3.63) is 29.1 Å². The van der Waals surface area contributed by atoms with Gasteiger partial charge >= 0.3 is 0 Å². The number of rotatable bonds is 2. The van der Waals surface area contributed by atoms with Crippen molar-refractivity contribution in [1.29, 1.82) is 0 Å². The van der Waals surface area contributed by atoms with Crippen molar-refractivity contribution in [3.8, 4) is 0 Å². The molecule has 72 valence electrons. The molecule has 0 aliphatic heterocycles. The fourth-order valence-electron chi connectivity index (χ4n) is 0.881. The molecule has 0 radical (unpaired) electrons. The van der Waals surface area contributed by atoms with Gasteiger partial charge in [-0.1, -0.05) is 0 Å². The SMILES string of the molecule is Cn1cnnc1Sc1ccc(Br)cn1. The van der Waals surface area contributed by atoms with Crippen LogP contribution >= 0.6 is 27.7 Å². The van der Waals surface area contributed by atoms with E-state index >= 15 is 0 Å². The summed E-state index contributed by atoms with van der Waals surface area (Å²) in [5, 5.41) is 9.49. The van der Waals surface area contributed by atoms with Gasteiger partial charge in [-0.3, -0.25) is 0 Å². The Labute approximate surface area is 93.9 Å². The minimum Gasteiger partial charge on any atom is -0.311 e. The summed E-state index contributed by atoms with van der Waals surface area (Å²) in [6.45, 7) is 0. The maximum Gasteiger partial charge on any atom is 0.197 e. The molecule has 0 fully saturated rings. The fraction of sp³-hybridized carbons (Fsp3) is 0.125. The fourth-order valence-corrected chi connectivity index (χ4v) is 1.82. The lowest BCUT2D eigenvalue weighted by Gasteiger charge is -1.98. The molecule has 2 aromatic rings. The molecular formula is C8H7BrN4S. The number of aromatic nitrogens is 4. The van der Waals surface area contributed by atoms with Crippen LogP contribution in [-0.2, 0) is 7.05 Å². The second-order valence-electron chi connectivity index (χ2n) is 2.64. The van der Waals surface area contributed by atoms with Gasteiger partial charge in [0.1, 0.15) is 11.4 Å². The summed E-state index contributed by atoms with van der Waals surface area (Å²) in [5.74, 6) is 0. The van der Waals surface area contributed by atoms with Gasteiger partial charge in [-0.05, 0) is 39.8 Å². The first-order chi connectivity index (χ1) is 6.75. The predicted molar refractivity (Wildman–Crippen MR) is 57.1 cm³/mol. The highest BCUT2D eigenvalue weighted by Crippen LogP contribution is 2.23. The lowest BCUT2D eigenvalue weighted by atomic mass is 10.5. The van der Waals surface area contributed by atoms with E-state index in [1.165, 1.54) is 11.8 Å². The first kappa shape index (κ1) is 9.67. The maximum atomic E-state index is 4.23. The number of hydrogen-bond acceptors (Lipinski definition) is 4. The molecule has 0 amide bonds. The van der Waals surface area contributed by atoms with Gasteiger partial charge in [0, 0.05) is 17.7 Å². The van der Waals surface area contributed by atoms with Crippen molar-refractivity contribution in [1.82, 2.24) is 19.7 Å². The molecule has 0 saturated heterocycles. The van der Waals surface area contributed by atoms with Crippen molar-refractivity contribution in [2.75, 3.05) is 0 Å². The van der Waals surface area contributed by atoms with Crippen LogP contribution in [0.3, 0.4) is 0 Å². The molecule has 0 unspecified atom stereocenters. The molecule has 0 atom stereocenters. The van der Waals surface area contributed by atoms with Gasteiger partial charge < -0.3 is 4.57 Å². The summed E-state index contributed by atoms with van der Waals surface area (Å²) < 4.78 is 2.83. The lowest BCUT2D eigenvalue weighted by molar-refractivity contribution is 0.787. The quantitative estimate of drug-likeness (QED) is 0.839. The maximum absolute atomic E-state index is 4.23. The molecule has 2 rings (SSSR count). The molecule has 4 nitrogen and oxygen atoms in total. The number of hydrogen-bond donors (Lipinski definition) is 0. The minimum atomic E-state index is 0.833. The Kier molecular flexibility index (Phi) is 2.83. The summed E-state index contributed by atoms with van der Waals surface area (Å²) in [6, 6.07) is 3.88. The molecule has 6 heteroatoms. The Morgan fingerprint density at radius 2 is 2.29 bits per heavy atom. The van der Waals surface area contributed by atoms with Crippen LogP contribution in [0, 0.1) is 0 Å². The Bertz CT molecular complexity index is 425. The Morgan fingerprint density at radius 1 is 1.43 bits per heavy atom. The largest absolute Gasteiger partial charge is 0.311 e. The standard InChI is InChI=1S/C8H7BrN4S/c1-13-5-11-12-8(13)14-7-3-2-6(9)4-10-7/h2-5H,1H3. The van der Waals surface area contributed by atoms with Gasteiger partial charge in [0.2, 0.25) is 0 Å². The monoisotopic (exact) mass is 270 g/mol. The van der Waals surface area contributed by atoms with E-state index in [-0.39, 0.29) is 0 Å². The summed E-state index contributed by atoms with van der Waals surface area (Å²) in [5.41, 5.74) is 0. The predicted octanol–water partition coefficient (Wildman–Crippen LogP) is 2.12. The van der Waals surface area contributed by atoms with Crippen molar-refractivity contribution >= 4 is 27.7 Å². The van der Waals surface area contributed by atoms with Gasteiger partial charge in [-0.25, -0.2) is 4.98 Å². The summed E-state index contributed by atoms with van der Waals surface area (Å²) in [6.07, 6.45) is 3.43. The van der Waals surface area contributed by atoms with Crippen molar-refractivity contribution < 1.29 is 0 Å². The third kappa shape index (κ3) is 2.13. The van der Waals surface area contributed by atoms with E-state index in [1.807, 2.05) is 23.7 Å². The number of halogens is 1. The van der Waals surface area contributed by atoms with E-state index in [2.05, 4.69) is 31.1 Å². The second-order valence-corrected chi connectivity index (χ2v) is 4.54. The van der Waals surface area contributed by atoms with Crippen LogP contribution in [0.25, 0.3) is 0 Å². The first-order valence-corrected chi connectivity index (χ1v) is 5.50. The number of nitrogens with zero attached hydrogens (tertiary/aromatic N) is 4. The normalized spacial score (nSPS) is 10.4. The highest BCUT2D eigenvalue weighted by molar-refractivity contribution is 9.10. The first-order valence-electron chi connectivity index (χ1n) is 3.89. The average Bonchev–Trinajstić information content (AvgIpc) is 2.56. The molecule has 0 N–H and O–H groups in total. The van der Waals surface area contributed by atoms with Gasteiger partial charge in [0.15, 0.2) is 5.16 Å². The van der Waals surface area contributed by atoms with Crippen molar-refractivity contribution in [2.45, 2.75) is 10.2 Å². The molecule has 0 aliphatic rings. The van der Waals surface area contributed by atoms with Crippen LogP contribution in [0.1, 0.15) is 0 Å². The molecule has 2 heterocycles. The van der Waals surface area contributed by atoms with E-state index in [0.717, 1.165) is 14.7 Å². The van der Waals surface area contributed by atoms with Gasteiger partial charge in [-0.2, -0.15) is 0 Å². The highest BCUT2D eigenvalue weighted by atomic mass is 79.9. The summed E-state index contributed by atoms with van der Waals surface area (Å²) in [4.78, 5) is 4.23. The smallest absolute Gasteiger partial charge is 0.197 e. The summed E-state index contributed by atoms with van der Waals surface area (Å²) in [7, 11) is 1.90. The Hall–Kier alpha value is -0.880. The Balaban J connectivity index is 2.19. The minimum absolute atomic E-state index is 0.833. The third-order valence-corrected chi connectivity index (χ3v) is 3.04. The van der Waals surface area contributed by atoms with Crippen LogP contribution in [0.2, 0.25) is 0 Å². The van der Waals surface area contributed by atoms with Crippen LogP contribution in [-0.4, -0.2) is 19.7 Å². The van der Waals surface area contributed by atoms with E-state index < -0.39 is 0 Å². The Morgan fingerprint density at radius 3 is 2.86 bits per heavy atom. The molecule has 0 bridgehead atoms. The van der Waals surface area contributed by atoms with Gasteiger partial charge in [-0.15, -0.1) is 10.2 Å². The van der Waals surface area contributed by atoms with Gasteiger partial charge in [0.05, 0.1) is 0 Å². The van der Waals surface area contributed by atoms with E-state index in [4.69, 9.17) is 0 Å². The second kappa shape index (κ2) is 4.10. The van der Waals surface area contributed by atoms with Crippen LogP contribution in [0.15, 0.2) is 39.3 Å². The molecular weight excluding hydrogens is 264 g/mol. The zero-order chi connectivity index (χ0) is 9.97. The highest BCUT2D eigenvalue weighted by Gasteiger charge is 2.03. The molecule has 0 aliphatic carbocycles. The third-order valence-electron chi connectivity index (χ3n) is 1.57. The van der Waals surface area contributed by atoms with Gasteiger partial charge in [0.25, 0.3) is 0 Å². The van der Waals surface area contributed by atoms with E-state index in [1.54, 1.807) is 12.5 Å². The number of pyridine rings is 1. The van der Waals surface area contributed by atoms with E-state index in [9.17, 15) is 0 Å². The molecule has 0 saturated carbocycles. The zero-order valence-corrected chi connectivity index (χ0v) is 9.79. The van der Waals surface area contributed by atoms with Crippen LogP contribution < -0.4 is 0 Å². The topological polar surface area (TPSA) is 43.6 Å². The van der Waals surface area contributed by atoms with E-state index in [0.29, 0.717) is 0 Å². The molecule has 0 aromatic carbocycles. The molecule has 0 spiro atoms. The van der Waals surface area contributed by atoms with Crippen molar-refractivity contribution in [3.63, 3.8) is 0 Å². The zero-order valence-electron chi connectivity index (χ0n) is 7.38. The lowest BCUT2D eigenvalue weighted by Crippen LogP contribution is -1.89. The number of aryl methyl sites for hydroxylation is 1. The van der Waals surface area contributed by atoms with Crippen molar-refractivity contribution in [2.24, 2.45) is 7.05 Å². The molecule has 14 heavy (non-hydrogen) atoms. The average molecular weight is 271 g/mol. The molecule has 2 aromatic heterocycles.